The molecule has 4 heteroatoms. The molecule has 0 unspecified atom stereocenters. The van der Waals surface area contributed by atoms with Crippen LogP contribution in [0, 0.1) is 0 Å². The number of thioether (sulfide) groups is 1. The largest absolute Gasteiger partial charge is 0.389 e. The van der Waals surface area contributed by atoms with E-state index in [0.29, 0.717) is 0 Å². The monoisotopic (exact) mass is 224 g/mol. The Morgan fingerprint density at radius 2 is 2.20 bits per heavy atom. The fourth-order valence-corrected chi connectivity index (χ4v) is 2.68. The summed E-state index contributed by atoms with van der Waals surface area (Å²) in [6.45, 7) is 3.85. The van der Waals surface area contributed by atoms with Crippen molar-refractivity contribution in [1.29, 1.82) is 0 Å². The Hall–Kier alpha value is -0.740. The van der Waals surface area contributed by atoms with Crippen LogP contribution in [0.3, 0.4) is 0 Å². The van der Waals surface area contributed by atoms with Crippen molar-refractivity contribution in [3.8, 4) is 0 Å². The highest BCUT2D eigenvalue weighted by atomic mass is 32.2. The Kier molecular flexibility index (Phi) is 3.49. The van der Waals surface area contributed by atoms with Crippen molar-refractivity contribution in [2.24, 2.45) is 0 Å². The zero-order valence-corrected chi connectivity index (χ0v) is 9.70. The van der Waals surface area contributed by atoms with Gasteiger partial charge in [0.2, 0.25) is 0 Å². The molecule has 82 valence electrons. The van der Waals surface area contributed by atoms with Gasteiger partial charge in [-0.25, -0.2) is 4.98 Å². The average Bonchev–Trinajstić information content (AvgIpc) is 2.30. The van der Waals surface area contributed by atoms with Gasteiger partial charge in [-0.3, -0.25) is 0 Å². The first-order valence-electron chi connectivity index (χ1n) is 5.24. The molecule has 1 fully saturated rings. The Morgan fingerprint density at radius 3 is 2.87 bits per heavy atom. The molecule has 1 aromatic heterocycles. The van der Waals surface area contributed by atoms with Crippen molar-refractivity contribution in [2.45, 2.75) is 13.0 Å². The van der Waals surface area contributed by atoms with E-state index in [9.17, 15) is 5.11 Å². The van der Waals surface area contributed by atoms with Crippen LogP contribution in [0.1, 0.15) is 18.6 Å². The van der Waals surface area contributed by atoms with Gasteiger partial charge >= 0.3 is 0 Å². The summed E-state index contributed by atoms with van der Waals surface area (Å²) in [4.78, 5) is 6.64. The number of hydrogen-bond acceptors (Lipinski definition) is 4. The Labute approximate surface area is 94.5 Å². The molecule has 1 saturated heterocycles. The summed E-state index contributed by atoms with van der Waals surface area (Å²) in [5, 5.41) is 9.66. The first kappa shape index (κ1) is 10.8. The molecule has 0 spiro atoms. The second kappa shape index (κ2) is 4.86. The van der Waals surface area contributed by atoms with Gasteiger partial charge in [-0.15, -0.1) is 0 Å². The molecule has 0 saturated carbocycles. The molecule has 0 aliphatic carbocycles. The zero-order valence-electron chi connectivity index (χ0n) is 8.89. The topological polar surface area (TPSA) is 36.4 Å². The number of nitrogens with zero attached hydrogens (tertiary/aromatic N) is 2. The van der Waals surface area contributed by atoms with Gasteiger partial charge in [0.15, 0.2) is 0 Å². The van der Waals surface area contributed by atoms with Crippen LogP contribution in [0.15, 0.2) is 18.3 Å². The molecular formula is C11H16N2OS. The molecule has 0 amide bonds. The van der Waals surface area contributed by atoms with Gasteiger partial charge in [-0.1, -0.05) is 6.07 Å². The normalized spacial score (nSPS) is 18.9. The summed E-state index contributed by atoms with van der Waals surface area (Å²) < 4.78 is 0. The van der Waals surface area contributed by atoms with E-state index in [-0.39, 0.29) is 0 Å². The molecule has 3 nitrogen and oxygen atoms in total. The molecule has 0 bridgehead atoms. The minimum absolute atomic E-state index is 0.441. The van der Waals surface area contributed by atoms with E-state index >= 15 is 0 Å². The van der Waals surface area contributed by atoms with Crippen molar-refractivity contribution in [1.82, 2.24) is 4.98 Å². The lowest BCUT2D eigenvalue weighted by molar-refractivity contribution is 0.199. The minimum atomic E-state index is -0.441. The van der Waals surface area contributed by atoms with E-state index < -0.39 is 6.10 Å². The van der Waals surface area contributed by atoms with Crippen molar-refractivity contribution >= 4 is 17.6 Å². The van der Waals surface area contributed by atoms with Crippen LogP contribution in [-0.2, 0) is 0 Å². The second-order valence-corrected chi connectivity index (χ2v) is 4.92. The maximum Gasteiger partial charge on any atom is 0.134 e. The van der Waals surface area contributed by atoms with E-state index in [2.05, 4.69) is 9.88 Å². The minimum Gasteiger partial charge on any atom is -0.389 e. The number of aromatic nitrogens is 1. The van der Waals surface area contributed by atoms with Crippen LogP contribution in [0.5, 0.6) is 0 Å². The van der Waals surface area contributed by atoms with E-state index in [1.807, 2.05) is 23.9 Å². The van der Waals surface area contributed by atoms with Crippen molar-refractivity contribution in [3.63, 3.8) is 0 Å². The highest BCUT2D eigenvalue weighted by Crippen LogP contribution is 2.25. The molecular weight excluding hydrogens is 208 g/mol. The number of aliphatic hydroxyl groups is 1. The van der Waals surface area contributed by atoms with E-state index in [4.69, 9.17) is 0 Å². The third-order valence-corrected chi connectivity index (χ3v) is 3.52. The maximum absolute atomic E-state index is 9.66. The molecule has 1 aliphatic heterocycles. The van der Waals surface area contributed by atoms with Gasteiger partial charge in [0.25, 0.3) is 0 Å². The Bertz CT molecular complexity index is 324. The van der Waals surface area contributed by atoms with Crippen molar-refractivity contribution < 1.29 is 5.11 Å². The number of rotatable bonds is 2. The fraction of sp³-hybridized carbons (Fsp3) is 0.545. The van der Waals surface area contributed by atoms with Crippen LogP contribution in [0.2, 0.25) is 0 Å². The number of anilines is 1. The summed E-state index contributed by atoms with van der Waals surface area (Å²) in [6.07, 6.45) is 1.35. The van der Waals surface area contributed by atoms with Crippen LogP contribution in [-0.4, -0.2) is 34.7 Å². The van der Waals surface area contributed by atoms with Crippen LogP contribution < -0.4 is 4.90 Å². The summed E-state index contributed by atoms with van der Waals surface area (Å²) >= 11 is 1.98. The first-order valence-corrected chi connectivity index (χ1v) is 6.40. The van der Waals surface area contributed by atoms with Crippen molar-refractivity contribution in [2.75, 3.05) is 29.5 Å². The van der Waals surface area contributed by atoms with Crippen LogP contribution in [0.4, 0.5) is 5.82 Å². The third kappa shape index (κ3) is 2.44. The highest BCUT2D eigenvalue weighted by Gasteiger charge is 2.17. The molecule has 1 aliphatic rings. The quantitative estimate of drug-likeness (QED) is 0.829. The average molecular weight is 224 g/mol. The lowest BCUT2D eigenvalue weighted by Gasteiger charge is -2.29. The van der Waals surface area contributed by atoms with Gasteiger partial charge < -0.3 is 10.0 Å². The summed E-state index contributed by atoms with van der Waals surface area (Å²) in [6, 6.07) is 3.83. The van der Waals surface area contributed by atoms with E-state index in [1.165, 1.54) is 0 Å². The summed E-state index contributed by atoms with van der Waals surface area (Å²) in [5.74, 6) is 3.25. The van der Waals surface area contributed by atoms with Crippen LogP contribution in [0.25, 0.3) is 0 Å². The summed E-state index contributed by atoms with van der Waals surface area (Å²) in [5.41, 5.74) is 0.935. The van der Waals surface area contributed by atoms with Gasteiger partial charge in [0.05, 0.1) is 6.10 Å². The highest BCUT2D eigenvalue weighted by molar-refractivity contribution is 7.99. The first-order chi connectivity index (χ1) is 7.29. The molecule has 15 heavy (non-hydrogen) atoms. The molecule has 1 N–H and O–H groups in total. The smallest absolute Gasteiger partial charge is 0.134 e. The molecule has 0 radical (unpaired) electrons. The molecule has 1 aromatic rings. The van der Waals surface area contributed by atoms with Gasteiger partial charge in [-0.2, -0.15) is 11.8 Å². The van der Waals surface area contributed by atoms with Gasteiger partial charge in [0, 0.05) is 36.4 Å². The van der Waals surface area contributed by atoms with E-state index in [0.717, 1.165) is 36.0 Å². The molecule has 2 rings (SSSR count). The maximum atomic E-state index is 9.66. The SMILES string of the molecule is C[C@@H](O)c1cccnc1N1CCSCC1. The molecule has 2 heterocycles. The fourth-order valence-electron chi connectivity index (χ4n) is 1.77. The number of aliphatic hydroxyl groups excluding tert-OH is 1. The predicted octanol–water partition coefficient (Wildman–Crippen LogP) is 1.69. The molecule has 1 atom stereocenters. The second-order valence-electron chi connectivity index (χ2n) is 3.69. The van der Waals surface area contributed by atoms with Gasteiger partial charge in [-0.05, 0) is 13.0 Å². The third-order valence-electron chi connectivity index (χ3n) is 2.58. The zero-order chi connectivity index (χ0) is 10.7. The Balaban J connectivity index is 2.25. The van der Waals surface area contributed by atoms with Crippen molar-refractivity contribution in [3.05, 3.63) is 23.9 Å². The Morgan fingerprint density at radius 1 is 1.47 bits per heavy atom. The molecule has 0 aromatic carbocycles. The number of hydrogen-bond donors (Lipinski definition) is 1. The lowest BCUT2D eigenvalue weighted by Crippen LogP contribution is -2.34. The summed E-state index contributed by atoms with van der Waals surface area (Å²) in [7, 11) is 0. The van der Waals surface area contributed by atoms with Crippen LogP contribution >= 0.6 is 11.8 Å². The van der Waals surface area contributed by atoms with E-state index in [1.54, 1.807) is 13.1 Å². The lowest BCUT2D eigenvalue weighted by atomic mass is 10.1. The number of pyridine rings is 1. The standard InChI is InChI=1S/C11H16N2OS/c1-9(14)10-3-2-4-12-11(10)13-5-7-15-8-6-13/h2-4,9,14H,5-8H2,1H3/t9-/m1/s1. The van der Waals surface area contributed by atoms with Gasteiger partial charge in [0.1, 0.15) is 5.82 Å². The predicted molar refractivity (Wildman–Crippen MR) is 64.4 cm³/mol.